The van der Waals surface area contributed by atoms with Crippen molar-refractivity contribution >= 4 is 23.3 Å². The highest BCUT2D eigenvalue weighted by Crippen LogP contribution is 2.30. The van der Waals surface area contributed by atoms with Gasteiger partial charge in [-0.3, -0.25) is 14.5 Å². The van der Waals surface area contributed by atoms with Gasteiger partial charge in [0.25, 0.3) is 0 Å². The average Bonchev–Trinajstić information content (AvgIpc) is 2.70. The van der Waals surface area contributed by atoms with Gasteiger partial charge in [-0.05, 0) is 24.3 Å². The van der Waals surface area contributed by atoms with E-state index < -0.39 is 5.91 Å². The van der Waals surface area contributed by atoms with Gasteiger partial charge in [0.1, 0.15) is 12.3 Å². The summed E-state index contributed by atoms with van der Waals surface area (Å²) in [7, 11) is 0. The lowest BCUT2D eigenvalue weighted by Gasteiger charge is -2.21. The summed E-state index contributed by atoms with van der Waals surface area (Å²) in [5, 5.41) is 12.1. The van der Waals surface area contributed by atoms with Crippen molar-refractivity contribution in [3.63, 3.8) is 0 Å². The van der Waals surface area contributed by atoms with E-state index in [4.69, 9.17) is 4.74 Å². The molecule has 0 aliphatic carbocycles. The maximum absolute atomic E-state index is 12.2. The number of aromatic nitrogens is 1. The van der Waals surface area contributed by atoms with Gasteiger partial charge < -0.3 is 15.2 Å². The van der Waals surface area contributed by atoms with Crippen molar-refractivity contribution in [2.24, 2.45) is 0 Å². The van der Waals surface area contributed by atoms with Crippen LogP contribution in [-0.4, -0.2) is 35.1 Å². The molecule has 3 rings (SSSR count). The standard InChI is InChI=1S/C16H15N3O4/c20-12-5-3-8-17-16(12)18-14(21)10-19-11-4-1-2-6-13(11)23-9-7-15(19)22/h1-6,8,20H,7,9-10H2,(H,17,18,21). The summed E-state index contributed by atoms with van der Waals surface area (Å²) in [5.74, 6) is -0.165. The Labute approximate surface area is 132 Å². The van der Waals surface area contributed by atoms with Gasteiger partial charge in [0.2, 0.25) is 11.8 Å². The molecule has 118 valence electrons. The second kappa shape index (κ2) is 6.35. The van der Waals surface area contributed by atoms with Gasteiger partial charge in [0.15, 0.2) is 11.6 Å². The number of nitrogens with one attached hydrogen (secondary N) is 1. The molecule has 0 fully saturated rings. The van der Waals surface area contributed by atoms with Crippen LogP contribution in [0.2, 0.25) is 0 Å². The fraction of sp³-hybridized carbons (Fsp3) is 0.188. The van der Waals surface area contributed by atoms with Crippen molar-refractivity contribution in [3.05, 3.63) is 42.6 Å². The molecule has 1 aromatic carbocycles. The molecule has 7 heteroatoms. The molecular weight excluding hydrogens is 298 g/mol. The summed E-state index contributed by atoms with van der Waals surface area (Å²) in [6.07, 6.45) is 1.65. The Morgan fingerprint density at radius 2 is 2.13 bits per heavy atom. The highest BCUT2D eigenvalue weighted by atomic mass is 16.5. The number of hydrogen-bond acceptors (Lipinski definition) is 5. The predicted molar refractivity (Wildman–Crippen MR) is 83.4 cm³/mol. The van der Waals surface area contributed by atoms with E-state index in [2.05, 4.69) is 10.3 Å². The molecule has 1 aromatic heterocycles. The first-order chi connectivity index (χ1) is 11.1. The van der Waals surface area contributed by atoms with Gasteiger partial charge in [-0.2, -0.15) is 0 Å². The molecule has 0 unspecified atom stereocenters. The fourth-order valence-corrected chi connectivity index (χ4v) is 2.30. The van der Waals surface area contributed by atoms with E-state index in [1.54, 1.807) is 30.3 Å². The van der Waals surface area contributed by atoms with Crippen LogP contribution in [0.5, 0.6) is 11.5 Å². The van der Waals surface area contributed by atoms with Crippen LogP contribution in [0.15, 0.2) is 42.6 Å². The van der Waals surface area contributed by atoms with Crippen LogP contribution in [0.25, 0.3) is 0 Å². The number of rotatable bonds is 3. The summed E-state index contributed by atoms with van der Waals surface area (Å²) in [6, 6.07) is 10.0. The zero-order chi connectivity index (χ0) is 16.2. The first-order valence-electron chi connectivity index (χ1n) is 7.11. The van der Waals surface area contributed by atoms with Gasteiger partial charge in [-0.1, -0.05) is 12.1 Å². The van der Waals surface area contributed by atoms with E-state index in [1.165, 1.54) is 17.2 Å². The minimum atomic E-state index is -0.455. The third-order valence-corrected chi connectivity index (χ3v) is 3.38. The normalized spacial score (nSPS) is 13.7. The Morgan fingerprint density at radius 3 is 2.96 bits per heavy atom. The van der Waals surface area contributed by atoms with Crippen LogP contribution in [-0.2, 0) is 9.59 Å². The van der Waals surface area contributed by atoms with Crippen LogP contribution < -0.4 is 15.0 Å². The number of carbonyl (C=O) groups excluding carboxylic acids is 2. The summed E-state index contributed by atoms with van der Waals surface area (Å²) in [6.45, 7) is 0.0875. The number of pyridine rings is 1. The number of nitrogens with zero attached hydrogens (tertiary/aromatic N) is 2. The van der Waals surface area contributed by atoms with E-state index in [0.717, 1.165) is 0 Å². The molecule has 0 saturated carbocycles. The van der Waals surface area contributed by atoms with Gasteiger partial charge in [0.05, 0.1) is 18.7 Å². The molecule has 1 aliphatic rings. The molecule has 2 amide bonds. The second-order valence-electron chi connectivity index (χ2n) is 4.97. The SMILES string of the molecule is O=C(CN1C(=O)CCOc2ccccc21)Nc1ncccc1O. The fourth-order valence-electron chi connectivity index (χ4n) is 2.30. The third kappa shape index (κ3) is 3.23. The Balaban J connectivity index is 1.79. The number of amides is 2. The van der Waals surface area contributed by atoms with E-state index >= 15 is 0 Å². The molecule has 0 bridgehead atoms. The molecule has 7 nitrogen and oxygen atoms in total. The van der Waals surface area contributed by atoms with Crippen LogP contribution in [0.4, 0.5) is 11.5 Å². The Morgan fingerprint density at radius 1 is 1.30 bits per heavy atom. The number of fused-ring (bicyclic) bond motifs is 1. The molecule has 1 aliphatic heterocycles. The Bertz CT molecular complexity index is 748. The minimum absolute atomic E-state index is 0.0595. The van der Waals surface area contributed by atoms with E-state index in [0.29, 0.717) is 11.4 Å². The van der Waals surface area contributed by atoms with Crippen molar-refractivity contribution in [2.75, 3.05) is 23.4 Å². The average molecular weight is 313 g/mol. The number of aromatic hydroxyl groups is 1. The van der Waals surface area contributed by atoms with E-state index in [1.807, 2.05) is 0 Å². The lowest BCUT2D eigenvalue weighted by molar-refractivity contribution is -0.121. The van der Waals surface area contributed by atoms with Gasteiger partial charge in [0, 0.05) is 6.20 Å². The van der Waals surface area contributed by atoms with Crippen molar-refractivity contribution in [3.8, 4) is 11.5 Å². The van der Waals surface area contributed by atoms with Gasteiger partial charge >= 0.3 is 0 Å². The number of carbonyl (C=O) groups is 2. The molecule has 2 N–H and O–H groups in total. The number of hydrogen-bond donors (Lipinski definition) is 2. The summed E-state index contributed by atoms with van der Waals surface area (Å²) >= 11 is 0. The van der Waals surface area contributed by atoms with Crippen molar-refractivity contribution < 1.29 is 19.4 Å². The molecule has 0 radical (unpaired) electrons. The number of anilines is 2. The van der Waals surface area contributed by atoms with E-state index in [9.17, 15) is 14.7 Å². The summed E-state index contributed by atoms with van der Waals surface area (Å²) in [4.78, 5) is 29.7. The minimum Gasteiger partial charge on any atom is -0.504 e. The van der Waals surface area contributed by atoms with Crippen LogP contribution in [0.3, 0.4) is 0 Å². The van der Waals surface area contributed by atoms with Crippen molar-refractivity contribution in [1.29, 1.82) is 0 Å². The quantitative estimate of drug-likeness (QED) is 0.897. The monoisotopic (exact) mass is 313 g/mol. The van der Waals surface area contributed by atoms with Crippen LogP contribution in [0, 0.1) is 0 Å². The molecule has 0 saturated heterocycles. The first-order valence-corrected chi connectivity index (χ1v) is 7.11. The Kier molecular flexibility index (Phi) is 4.09. The largest absolute Gasteiger partial charge is 0.504 e. The number of ether oxygens (including phenoxy) is 1. The number of para-hydroxylation sites is 2. The molecular formula is C16H15N3O4. The molecule has 2 aromatic rings. The van der Waals surface area contributed by atoms with Crippen molar-refractivity contribution in [1.82, 2.24) is 4.98 Å². The topological polar surface area (TPSA) is 91.8 Å². The predicted octanol–water partition coefficient (Wildman–Crippen LogP) is 1.54. The lowest BCUT2D eigenvalue weighted by Crippen LogP contribution is -2.37. The smallest absolute Gasteiger partial charge is 0.245 e. The zero-order valence-electron chi connectivity index (χ0n) is 12.2. The van der Waals surface area contributed by atoms with E-state index in [-0.39, 0.29) is 37.0 Å². The van der Waals surface area contributed by atoms with Crippen molar-refractivity contribution in [2.45, 2.75) is 6.42 Å². The lowest BCUT2D eigenvalue weighted by atomic mass is 10.2. The second-order valence-corrected chi connectivity index (χ2v) is 4.97. The molecule has 0 spiro atoms. The Hall–Kier alpha value is -3.09. The third-order valence-electron chi connectivity index (χ3n) is 3.38. The summed E-state index contributed by atoms with van der Waals surface area (Å²) in [5.41, 5.74) is 0.551. The molecule has 2 heterocycles. The van der Waals surface area contributed by atoms with Crippen LogP contribution >= 0.6 is 0 Å². The maximum atomic E-state index is 12.2. The highest BCUT2D eigenvalue weighted by molar-refractivity contribution is 6.03. The molecule has 0 atom stereocenters. The zero-order valence-corrected chi connectivity index (χ0v) is 12.2. The first kappa shape index (κ1) is 14.8. The summed E-state index contributed by atoms with van der Waals surface area (Å²) < 4.78 is 5.52. The number of benzene rings is 1. The maximum Gasteiger partial charge on any atom is 0.245 e. The van der Waals surface area contributed by atoms with Gasteiger partial charge in [-0.15, -0.1) is 0 Å². The highest BCUT2D eigenvalue weighted by Gasteiger charge is 2.25. The molecule has 23 heavy (non-hydrogen) atoms. The van der Waals surface area contributed by atoms with Gasteiger partial charge in [-0.25, -0.2) is 4.98 Å². The van der Waals surface area contributed by atoms with Crippen LogP contribution in [0.1, 0.15) is 6.42 Å².